The molecule has 1 aromatic rings. The lowest BCUT2D eigenvalue weighted by atomic mass is 9.76. The second-order valence-corrected chi connectivity index (χ2v) is 8.65. The van der Waals surface area contributed by atoms with Crippen molar-refractivity contribution >= 4 is 39.3 Å². The standard InChI is InChI=1S/C16H23BrClN3O2/c1-15(2,3)13(20-14(22)23)16(5-6-16)9-21(4)10-7-11(17)12(18)19-8-10/h7-8,13,20H,5-6,9H2,1-4H3,(H,22,23). The first-order chi connectivity index (χ1) is 10.5. The molecule has 5 nitrogen and oxygen atoms in total. The van der Waals surface area contributed by atoms with Crippen LogP contribution in [0.4, 0.5) is 10.5 Å². The van der Waals surface area contributed by atoms with Crippen LogP contribution in [0.2, 0.25) is 5.15 Å². The first-order valence-electron chi connectivity index (χ1n) is 7.57. The SMILES string of the molecule is CN(CC1(C(NC(=O)O)C(C)(C)C)CC1)c1cnc(Cl)c(Br)c1. The number of nitrogens with zero attached hydrogens (tertiary/aromatic N) is 2. The van der Waals surface area contributed by atoms with Gasteiger partial charge in [-0.1, -0.05) is 32.4 Å². The van der Waals surface area contributed by atoms with Gasteiger partial charge in [-0.15, -0.1) is 0 Å². The molecule has 0 aliphatic heterocycles. The van der Waals surface area contributed by atoms with Crippen LogP contribution in [0.25, 0.3) is 0 Å². The normalized spacial score (nSPS) is 17.5. The van der Waals surface area contributed by atoms with Gasteiger partial charge in [-0.2, -0.15) is 0 Å². The molecule has 2 N–H and O–H groups in total. The number of halogens is 2. The monoisotopic (exact) mass is 403 g/mol. The largest absolute Gasteiger partial charge is 0.465 e. The minimum Gasteiger partial charge on any atom is -0.465 e. The Morgan fingerprint density at radius 2 is 2.17 bits per heavy atom. The van der Waals surface area contributed by atoms with Crippen LogP contribution in [-0.4, -0.2) is 35.8 Å². The summed E-state index contributed by atoms with van der Waals surface area (Å²) in [5.74, 6) is 0. The van der Waals surface area contributed by atoms with E-state index in [2.05, 4.69) is 51.9 Å². The van der Waals surface area contributed by atoms with Crippen molar-refractivity contribution in [1.29, 1.82) is 0 Å². The maximum Gasteiger partial charge on any atom is 0.404 e. The summed E-state index contributed by atoms with van der Waals surface area (Å²) in [4.78, 5) is 17.5. The average molecular weight is 405 g/mol. The fourth-order valence-corrected chi connectivity index (χ4v) is 3.73. The molecule has 0 bridgehead atoms. The average Bonchev–Trinajstić information content (AvgIpc) is 3.18. The highest BCUT2D eigenvalue weighted by Gasteiger charge is 2.54. The molecule has 1 heterocycles. The van der Waals surface area contributed by atoms with Crippen molar-refractivity contribution in [1.82, 2.24) is 10.3 Å². The van der Waals surface area contributed by atoms with Gasteiger partial charge in [0.1, 0.15) is 5.15 Å². The number of carboxylic acid groups (broad SMARTS) is 1. The van der Waals surface area contributed by atoms with Gasteiger partial charge in [0.05, 0.1) is 16.4 Å². The zero-order valence-electron chi connectivity index (χ0n) is 13.9. The van der Waals surface area contributed by atoms with Crippen LogP contribution in [0, 0.1) is 10.8 Å². The second-order valence-electron chi connectivity index (χ2n) is 7.43. The summed E-state index contributed by atoms with van der Waals surface area (Å²) in [5, 5.41) is 12.4. The van der Waals surface area contributed by atoms with Gasteiger partial charge in [-0.25, -0.2) is 9.78 Å². The lowest BCUT2D eigenvalue weighted by Gasteiger charge is -2.39. The molecule has 0 saturated heterocycles. The molecule has 1 atom stereocenters. The fourth-order valence-electron chi connectivity index (χ4n) is 3.29. The second kappa shape index (κ2) is 6.48. The summed E-state index contributed by atoms with van der Waals surface area (Å²) < 4.78 is 0.754. The van der Waals surface area contributed by atoms with E-state index in [1.165, 1.54) is 0 Å². The van der Waals surface area contributed by atoms with Crippen LogP contribution in [0.3, 0.4) is 0 Å². The molecule has 1 unspecified atom stereocenters. The maximum absolute atomic E-state index is 11.2. The van der Waals surface area contributed by atoms with Crippen LogP contribution >= 0.6 is 27.5 Å². The number of aromatic nitrogens is 1. The van der Waals surface area contributed by atoms with Crippen molar-refractivity contribution in [2.24, 2.45) is 10.8 Å². The zero-order chi connectivity index (χ0) is 17.4. The molecule has 1 aliphatic carbocycles. The first kappa shape index (κ1) is 18.3. The van der Waals surface area contributed by atoms with Crippen LogP contribution in [0.5, 0.6) is 0 Å². The van der Waals surface area contributed by atoms with Crippen LogP contribution < -0.4 is 10.2 Å². The van der Waals surface area contributed by atoms with E-state index in [4.69, 9.17) is 11.6 Å². The Balaban J connectivity index is 2.19. The van der Waals surface area contributed by atoms with Crippen LogP contribution in [0.1, 0.15) is 33.6 Å². The van der Waals surface area contributed by atoms with Gasteiger partial charge >= 0.3 is 6.09 Å². The fraction of sp³-hybridized carbons (Fsp3) is 0.625. The van der Waals surface area contributed by atoms with Gasteiger partial charge in [0.2, 0.25) is 0 Å². The van der Waals surface area contributed by atoms with E-state index in [1.807, 2.05) is 13.1 Å². The Morgan fingerprint density at radius 3 is 2.61 bits per heavy atom. The molecule has 2 rings (SSSR count). The van der Waals surface area contributed by atoms with E-state index in [0.29, 0.717) is 5.15 Å². The molecular formula is C16H23BrClN3O2. The van der Waals surface area contributed by atoms with Gasteiger partial charge in [-0.3, -0.25) is 0 Å². The Morgan fingerprint density at radius 1 is 1.57 bits per heavy atom. The summed E-state index contributed by atoms with van der Waals surface area (Å²) in [6.45, 7) is 7.00. The van der Waals surface area contributed by atoms with E-state index in [9.17, 15) is 9.90 Å². The van der Waals surface area contributed by atoms with Crippen molar-refractivity contribution < 1.29 is 9.90 Å². The molecule has 23 heavy (non-hydrogen) atoms. The third-order valence-corrected chi connectivity index (χ3v) is 5.55. The van der Waals surface area contributed by atoms with Crippen LogP contribution in [0.15, 0.2) is 16.7 Å². The highest BCUT2D eigenvalue weighted by molar-refractivity contribution is 9.10. The number of hydrogen-bond donors (Lipinski definition) is 2. The van der Waals surface area contributed by atoms with Gasteiger partial charge in [0.25, 0.3) is 0 Å². The zero-order valence-corrected chi connectivity index (χ0v) is 16.2. The summed E-state index contributed by atoms with van der Waals surface area (Å²) >= 11 is 9.34. The molecule has 1 aliphatic rings. The molecule has 1 aromatic heterocycles. The number of amides is 1. The van der Waals surface area contributed by atoms with Gasteiger partial charge in [-0.05, 0) is 40.3 Å². The Hall–Kier alpha value is -1.01. The molecule has 0 radical (unpaired) electrons. The molecule has 7 heteroatoms. The highest BCUT2D eigenvalue weighted by Crippen LogP contribution is 2.54. The number of hydrogen-bond acceptors (Lipinski definition) is 3. The number of nitrogens with one attached hydrogen (secondary N) is 1. The summed E-state index contributed by atoms with van der Waals surface area (Å²) in [5.41, 5.74) is 0.766. The van der Waals surface area contributed by atoms with Crippen molar-refractivity contribution in [3.05, 3.63) is 21.9 Å². The molecule has 1 saturated carbocycles. The maximum atomic E-state index is 11.2. The van der Waals surface area contributed by atoms with E-state index in [1.54, 1.807) is 6.20 Å². The van der Waals surface area contributed by atoms with Crippen molar-refractivity contribution in [3.63, 3.8) is 0 Å². The quantitative estimate of drug-likeness (QED) is 0.714. The van der Waals surface area contributed by atoms with E-state index in [0.717, 1.165) is 29.5 Å². The van der Waals surface area contributed by atoms with Crippen molar-refractivity contribution in [3.8, 4) is 0 Å². The number of rotatable bonds is 5. The van der Waals surface area contributed by atoms with Gasteiger partial charge < -0.3 is 15.3 Å². The van der Waals surface area contributed by atoms with Gasteiger partial charge in [0, 0.05) is 25.0 Å². The summed E-state index contributed by atoms with van der Waals surface area (Å²) in [6, 6.07) is 1.83. The predicted molar refractivity (Wildman–Crippen MR) is 96.3 cm³/mol. The minimum atomic E-state index is -0.963. The topological polar surface area (TPSA) is 65.5 Å². The Labute approximate surface area is 150 Å². The highest BCUT2D eigenvalue weighted by atomic mass is 79.9. The number of pyridine rings is 1. The number of anilines is 1. The van der Waals surface area contributed by atoms with Crippen molar-refractivity contribution in [2.45, 2.75) is 39.7 Å². The van der Waals surface area contributed by atoms with E-state index < -0.39 is 6.09 Å². The van der Waals surface area contributed by atoms with E-state index in [-0.39, 0.29) is 16.9 Å². The molecule has 0 aromatic carbocycles. The minimum absolute atomic E-state index is 0.0441. The lowest BCUT2D eigenvalue weighted by molar-refractivity contribution is 0.146. The first-order valence-corrected chi connectivity index (χ1v) is 8.74. The third kappa shape index (κ3) is 4.29. The molecule has 128 valence electrons. The molecule has 1 amide bonds. The lowest BCUT2D eigenvalue weighted by Crippen LogP contribution is -2.52. The van der Waals surface area contributed by atoms with E-state index >= 15 is 0 Å². The van der Waals surface area contributed by atoms with Gasteiger partial charge in [0.15, 0.2) is 0 Å². The number of carbonyl (C=O) groups is 1. The third-order valence-electron chi connectivity index (χ3n) is 4.41. The summed E-state index contributed by atoms with van der Waals surface area (Å²) in [7, 11) is 2.00. The summed E-state index contributed by atoms with van der Waals surface area (Å²) in [6.07, 6.45) is 2.80. The van der Waals surface area contributed by atoms with Crippen molar-refractivity contribution in [2.75, 3.05) is 18.5 Å². The predicted octanol–water partition coefficient (Wildman–Crippen LogP) is 4.40. The van der Waals surface area contributed by atoms with Crippen LogP contribution in [-0.2, 0) is 0 Å². The molecule has 1 fully saturated rings. The molecular weight excluding hydrogens is 382 g/mol. The Kier molecular flexibility index (Phi) is 5.16. The smallest absolute Gasteiger partial charge is 0.404 e. The molecule has 0 spiro atoms. The Bertz CT molecular complexity index is 599.